The first-order valence-electron chi connectivity index (χ1n) is 9.80. The Morgan fingerprint density at radius 3 is 2.21 bits per heavy atom. The second-order valence-electron chi connectivity index (χ2n) is 7.42. The molecule has 150 valence electrons. The number of rotatable bonds is 9. The van der Waals surface area contributed by atoms with Gasteiger partial charge >= 0.3 is 5.97 Å². The molecule has 0 aromatic heterocycles. The van der Waals surface area contributed by atoms with E-state index in [4.69, 9.17) is 5.11 Å². The van der Waals surface area contributed by atoms with Crippen LogP contribution >= 0.6 is 0 Å². The van der Waals surface area contributed by atoms with Gasteiger partial charge in [0.1, 0.15) is 5.82 Å². The van der Waals surface area contributed by atoms with Crippen molar-refractivity contribution in [1.29, 1.82) is 0 Å². The number of halogens is 1. The third-order valence-electron chi connectivity index (χ3n) is 4.92. The molecule has 3 aromatic carbocycles. The highest BCUT2D eigenvalue weighted by Crippen LogP contribution is 2.16. The minimum absolute atomic E-state index is 0.0733. The van der Waals surface area contributed by atoms with E-state index in [1.165, 1.54) is 17.2 Å². The Kier molecular flexibility index (Phi) is 7.14. The number of benzene rings is 3. The van der Waals surface area contributed by atoms with E-state index in [2.05, 4.69) is 35.2 Å². The molecule has 0 saturated heterocycles. The van der Waals surface area contributed by atoms with Gasteiger partial charge in [-0.05, 0) is 47.2 Å². The molecule has 0 amide bonds. The molecule has 0 atom stereocenters. The van der Waals surface area contributed by atoms with Crippen LogP contribution in [0.2, 0.25) is 0 Å². The molecule has 29 heavy (non-hydrogen) atoms. The van der Waals surface area contributed by atoms with Crippen LogP contribution < -0.4 is 0 Å². The van der Waals surface area contributed by atoms with E-state index in [1.54, 1.807) is 13.0 Å². The number of nitrogens with zero attached hydrogens (tertiary/aromatic N) is 1. The lowest BCUT2D eigenvalue weighted by molar-refractivity contribution is -0.137. The van der Waals surface area contributed by atoms with Crippen molar-refractivity contribution in [2.45, 2.75) is 32.9 Å². The Balaban J connectivity index is 1.73. The van der Waals surface area contributed by atoms with E-state index in [1.807, 2.05) is 30.3 Å². The predicted octanol–water partition coefficient (Wildman–Crippen LogP) is 5.20. The molecule has 0 aliphatic heterocycles. The summed E-state index contributed by atoms with van der Waals surface area (Å²) >= 11 is 0. The van der Waals surface area contributed by atoms with Gasteiger partial charge in [0.15, 0.2) is 0 Å². The third kappa shape index (κ3) is 6.54. The first-order chi connectivity index (χ1) is 14.0. The normalized spacial score (nSPS) is 11.0. The Labute approximate surface area is 171 Å². The zero-order valence-electron chi connectivity index (χ0n) is 16.6. The molecule has 0 aliphatic carbocycles. The molecule has 0 unspecified atom stereocenters. The fourth-order valence-corrected chi connectivity index (χ4v) is 3.46. The lowest BCUT2D eigenvalue weighted by Gasteiger charge is -2.22. The van der Waals surface area contributed by atoms with Crippen molar-refractivity contribution in [3.63, 3.8) is 0 Å². The van der Waals surface area contributed by atoms with Gasteiger partial charge in [-0.25, -0.2) is 4.39 Å². The second kappa shape index (κ2) is 9.99. The third-order valence-corrected chi connectivity index (χ3v) is 4.92. The lowest BCUT2D eigenvalue weighted by Crippen LogP contribution is -2.25. The van der Waals surface area contributed by atoms with Crippen LogP contribution in [0.25, 0.3) is 0 Å². The van der Waals surface area contributed by atoms with Crippen molar-refractivity contribution >= 4 is 5.97 Å². The summed E-state index contributed by atoms with van der Waals surface area (Å²) in [7, 11) is 0. The summed E-state index contributed by atoms with van der Waals surface area (Å²) in [5, 5.41) is 9.11. The minimum Gasteiger partial charge on any atom is -0.481 e. The Bertz CT molecular complexity index is 956. The van der Waals surface area contributed by atoms with Crippen LogP contribution in [0.1, 0.15) is 34.2 Å². The molecule has 0 bridgehead atoms. The molecule has 0 spiro atoms. The first kappa shape index (κ1) is 20.7. The predicted molar refractivity (Wildman–Crippen MR) is 113 cm³/mol. The molecular weight excluding hydrogens is 365 g/mol. The zero-order chi connectivity index (χ0) is 20.6. The van der Waals surface area contributed by atoms with E-state index in [0.29, 0.717) is 25.2 Å². The van der Waals surface area contributed by atoms with Crippen LogP contribution in [0.4, 0.5) is 4.39 Å². The van der Waals surface area contributed by atoms with Crippen LogP contribution in [-0.4, -0.2) is 22.5 Å². The number of hydrogen-bond acceptors (Lipinski definition) is 2. The average molecular weight is 391 g/mol. The Morgan fingerprint density at radius 2 is 1.52 bits per heavy atom. The van der Waals surface area contributed by atoms with Crippen molar-refractivity contribution in [1.82, 2.24) is 4.90 Å². The summed E-state index contributed by atoms with van der Waals surface area (Å²) in [6.07, 6.45) is 0.935. The lowest BCUT2D eigenvalue weighted by atomic mass is 10.0. The summed E-state index contributed by atoms with van der Waals surface area (Å²) in [6.45, 7) is 3.41. The second-order valence-corrected chi connectivity index (χ2v) is 7.42. The molecule has 0 aliphatic rings. The smallest absolute Gasteiger partial charge is 0.304 e. The van der Waals surface area contributed by atoms with Crippen LogP contribution in [0.3, 0.4) is 0 Å². The van der Waals surface area contributed by atoms with Crippen molar-refractivity contribution in [2.75, 3.05) is 6.54 Å². The maximum absolute atomic E-state index is 13.6. The number of hydrogen-bond donors (Lipinski definition) is 1. The van der Waals surface area contributed by atoms with Crippen LogP contribution in [-0.2, 0) is 24.3 Å². The molecule has 0 heterocycles. The molecule has 0 fully saturated rings. The highest BCUT2D eigenvalue weighted by atomic mass is 19.1. The monoisotopic (exact) mass is 391 g/mol. The van der Waals surface area contributed by atoms with Crippen molar-refractivity contribution in [3.05, 3.63) is 106 Å². The topological polar surface area (TPSA) is 40.5 Å². The van der Waals surface area contributed by atoms with Gasteiger partial charge in [0.25, 0.3) is 0 Å². The van der Waals surface area contributed by atoms with E-state index in [-0.39, 0.29) is 12.2 Å². The zero-order valence-corrected chi connectivity index (χ0v) is 16.6. The van der Waals surface area contributed by atoms with Crippen LogP contribution in [0.5, 0.6) is 0 Å². The van der Waals surface area contributed by atoms with Gasteiger partial charge in [-0.3, -0.25) is 9.69 Å². The molecule has 0 radical (unpaired) electrons. The van der Waals surface area contributed by atoms with Crippen LogP contribution in [0.15, 0.2) is 72.8 Å². The first-order valence-corrected chi connectivity index (χ1v) is 9.80. The number of carboxylic acids is 1. The Hall–Kier alpha value is -2.98. The summed E-state index contributed by atoms with van der Waals surface area (Å²) in [5.74, 6) is -1.04. The molecule has 4 heteroatoms. The van der Waals surface area contributed by atoms with Gasteiger partial charge in [-0.1, -0.05) is 66.7 Å². The van der Waals surface area contributed by atoms with Crippen LogP contribution in [0, 0.1) is 12.7 Å². The number of aliphatic carboxylic acids is 1. The van der Waals surface area contributed by atoms with E-state index >= 15 is 0 Å². The maximum Gasteiger partial charge on any atom is 0.304 e. The van der Waals surface area contributed by atoms with Gasteiger partial charge in [-0.2, -0.15) is 0 Å². The number of carbonyl (C=O) groups is 1. The summed E-state index contributed by atoms with van der Waals surface area (Å²) in [6, 6.07) is 23.8. The number of carboxylic acid groups (broad SMARTS) is 1. The van der Waals surface area contributed by atoms with Gasteiger partial charge in [-0.15, -0.1) is 0 Å². The average Bonchev–Trinajstić information content (AvgIpc) is 2.70. The van der Waals surface area contributed by atoms with E-state index < -0.39 is 5.97 Å². The molecule has 3 rings (SSSR count). The molecular formula is C25H26FNO2. The Morgan fingerprint density at radius 1 is 0.862 bits per heavy atom. The molecule has 1 N–H and O–H groups in total. The molecule has 3 nitrogen and oxygen atoms in total. The molecule has 0 saturated carbocycles. The van der Waals surface area contributed by atoms with Crippen molar-refractivity contribution in [2.24, 2.45) is 0 Å². The summed E-state index contributed by atoms with van der Waals surface area (Å²) < 4.78 is 13.6. The van der Waals surface area contributed by atoms with Gasteiger partial charge in [0, 0.05) is 19.6 Å². The summed E-state index contributed by atoms with van der Waals surface area (Å²) in [4.78, 5) is 13.2. The van der Waals surface area contributed by atoms with E-state index in [0.717, 1.165) is 17.5 Å². The quantitative estimate of drug-likeness (QED) is 0.545. The highest BCUT2D eigenvalue weighted by Gasteiger charge is 2.11. The fourth-order valence-electron chi connectivity index (χ4n) is 3.46. The van der Waals surface area contributed by atoms with Gasteiger partial charge in [0.2, 0.25) is 0 Å². The van der Waals surface area contributed by atoms with Gasteiger partial charge < -0.3 is 5.11 Å². The number of aryl methyl sites for hydroxylation is 1. The molecule has 3 aromatic rings. The highest BCUT2D eigenvalue weighted by molar-refractivity contribution is 5.66. The fraction of sp³-hybridized carbons (Fsp3) is 0.240. The minimum atomic E-state index is -0.817. The summed E-state index contributed by atoms with van der Waals surface area (Å²) in [5.41, 5.74) is 5.21. The van der Waals surface area contributed by atoms with Gasteiger partial charge in [0.05, 0.1) is 6.42 Å². The van der Waals surface area contributed by atoms with Crippen molar-refractivity contribution < 1.29 is 14.3 Å². The standard InChI is InChI=1S/C25H26FNO2/c1-19-14-23(10-11-24(19)26)18-27(13-12-25(28)29)17-22-9-5-8-21(16-22)15-20-6-3-2-4-7-20/h2-11,14,16H,12-13,15,17-18H2,1H3,(H,28,29). The maximum atomic E-state index is 13.6. The largest absolute Gasteiger partial charge is 0.481 e. The van der Waals surface area contributed by atoms with E-state index in [9.17, 15) is 9.18 Å². The SMILES string of the molecule is Cc1cc(CN(CCC(=O)O)Cc2cccc(Cc3ccccc3)c2)ccc1F. The van der Waals surface area contributed by atoms with Crippen molar-refractivity contribution in [3.8, 4) is 0 Å².